The molecule has 0 aromatic rings. The van der Waals surface area contributed by atoms with Gasteiger partial charge in [-0.25, -0.2) is 4.79 Å². The summed E-state index contributed by atoms with van der Waals surface area (Å²) in [6.45, 7) is 2.86. The van der Waals surface area contributed by atoms with E-state index in [1.165, 1.54) is 0 Å². The topological polar surface area (TPSA) is 37.3 Å². The Bertz CT molecular complexity index is 263. The number of hydrogen-bond acceptors (Lipinski definition) is 1. The maximum atomic E-state index is 12.0. The maximum Gasteiger partial charge on any atom is 0.400 e. The number of rotatable bonds is 4. The van der Waals surface area contributed by atoms with Crippen molar-refractivity contribution < 1.29 is 36.2 Å². The summed E-state index contributed by atoms with van der Waals surface area (Å²) >= 11 is 0. The molecule has 0 bridgehead atoms. The highest BCUT2D eigenvalue weighted by molar-refractivity contribution is 5.85. The molecule has 0 amide bonds. The van der Waals surface area contributed by atoms with E-state index in [1.807, 2.05) is 0 Å². The van der Waals surface area contributed by atoms with Crippen molar-refractivity contribution in [2.45, 2.75) is 25.2 Å². The highest BCUT2D eigenvalue weighted by Crippen LogP contribution is 2.42. The summed E-state index contributed by atoms with van der Waals surface area (Å²) in [4.78, 5) is 10.1. The van der Waals surface area contributed by atoms with Crippen LogP contribution in [0.4, 0.5) is 26.3 Å². The van der Waals surface area contributed by atoms with Crippen molar-refractivity contribution in [3.8, 4) is 0 Å². The third kappa shape index (κ3) is 4.54. The Morgan fingerprint density at radius 2 is 1.50 bits per heavy atom. The van der Waals surface area contributed by atoms with Gasteiger partial charge in [0.1, 0.15) is 0 Å². The average Bonchev–Trinajstić information content (AvgIpc) is 1.98. The molecule has 0 unspecified atom stereocenters. The van der Waals surface area contributed by atoms with Crippen molar-refractivity contribution in [2.75, 3.05) is 0 Å². The van der Waals surface area contributed by atoms with Crippen LogP contribution in [0.2, 0.25) is 0 Å². The standard InChI is InChI=1S/C8H8F6O2/c1-4(6(15)16)2-3-5(7(9,10)11)8(12,13)14/h5H,1-3H2,(H,15,16). The second kappa shape index (κ2) is 4.75. The summed E-state index contributed by atoms with van der Waals surface area (Å²) < 4.78 is 71.8. The molecular weight excluding hydrogens is 242 g/mol. The summed E-state index contributed by atoms with van der Waals surface area (Å²) in [5, 5.41) is 8.24. The second-order valence-electron chi connectivity index (χ2n) is 3.08. The predicted octanol–water partition coefficient (Wildman–Crippen LogP) is 3.15. The van der Waals surface area contributed by atoms with Crippen molar-refractivity contribution in [3.63, 3.8) is 0 Å². The van der Waals surface area contributed by atoms with E-state index in [9.17, 15) is 31.1 Å². The monoisotopic (exact) mass is 250 g/mol. The minimum Gasteiger partial charge on any atom is -0.478 e. The molecule has 0 rings (SSSR count). The average molecular weight is 250 g/mol. The fourth-order valence-corrected chi connectivity index (χ4v) is 0.938. The number of halogens is 6. The minimum atomic E-state index is -5.43. The molecule has 0 saturated carbocycles. The van der Waals surface area contributed by atoms with Crippen LogP contribution in [0.3, 0.4) is 0 Å². The van der Waals surface area contributed by atoms with Crippen LogP contribution in [-0.4, -0.2) is 23.4 Å². The van der Waals surface area contributed by atoms with E-state index < -0.39 is 42.7 Å². The Morgan fingerprint density at radius 3 is 1.75 bits per heavy atom. The van der Waals surface area contributed by atoms with Crippen LogP contribution in [0.1, 0.15) is 12.8 Å². The van der Waals surface area contributed by atoms with Gasteiger partial charge in [-0.15, -0.1) is 0 Å². The minimum absolute atomic E-state index is 0.682. The quantitative estimate of drug-likeness (QED) is 0.614. The highest BCUT2D eigenvalue weighted by Gasteiger charge is 2.55. The van der Waals surface area contributed by atoms with Gasteiger partial charge >= 0.3 is 18.3 Å². The molecule has 0 heterocycles. The van der Waals surface area contributed by atoms with Gasteiger partial charge in [0, 0.05) is 5.57 Å². The summed E-state index contributed by atoms with van der Waals surface area (Å²) in [6.07, 6.45) is -13.1. The van der Waals surface area contributed by atoms with Crippen molar-refractivity contribution >= 4 is 5.97 Å². The van der Waals surface area contributed by atoms with Gasteiger partial charge in [0.25, 0.3) is 0 Å². The van der Waals surface area contributed by atoms with E-state index >= 15 is 0 Å². The van der Waals surface area contributed by atoms with Gasteiger partial charge in [0.15, 0.2) is 5.92 Å². The van der Waals surface area contributed by atoms with Crippen LogP contribution in [0.5, 0.6) is 0 Å². The molecule has 94 valence electrons. The lowest BCUT2D eigenvalue weighted by Gasteiger charge is -2.22. The lowest BCUT2D eigenvalue weighted by Crippen LogP contribution is -2.36. The lowest BCUT2D eigenvalue weighted by atomic mass is 9.99. The van der Waals surface area contributed by atoms with Gasteiger partial charge in [-0.3, -0.25) is 0 Å². The van der Waals surface area contributed by atoms with Crippen molar-refractivity contribution in [3.05, 3.63) is 12.2 Å². The first-order chi connectivity index (χ1) is 6.96. The van der Waals surface area contributed by atoms with Gasteiger partial charge in [0.05, 0.1) is 0 Å². The summed E-state index contributed by atoms with van der Waals surface area (Å²) in [5.41, 5.74) is -0.682. The molecule has 0 aliphatic heterocycles. The van der Waals surface area contributed by atoms with Crippen LogP contribution < -0.4 is 0 Å². The fraction of sp³-hybridized carbons (Fsp3) is 0.625. The number of aliphatic carboxylic acids is 1. The zero-order valence-corrected chi connectivity index (χ0v) is 7.82. The molecule has 0 aliphatic carbocycles. The fourth-order valence-electron chi connectivity index (χ4n) is 0.938. The number of carboxylic acid groups (broad SMARTS) is 1. The molecule has 0 spiro atoms. The molecule has 0 fully saturated rings. The molecule has 16 heavy (non-hydrogen) atoms. The van der Waals surface area contributed by atoms with Crippen molar-refractivity contribution in [1.82, 2.24) is 0 Å². The van der Waals surface area contributed by atoms with Gasteiger partial charge in [-0.05, 0) is 12.8 Å². The lowest BCUT2D eigenvalue weighted by molar-refractivity contribution is -0.285. The summed E-state index contributed by atoms with van der Waals surface area (Å²) in [7, 11) is 0. The number of alkyl halides is 6. The van der Waals surface area contributed by atoms with Crippen LogP contribution in [0.25, 0.3) is 0 Å². The molecule has 0 radical (unpaired) electrons. The normalized spacial score (nSPS) is 12.9. The molecule has 0 atom stereocenters. The van der Waals surface area contributed by atoms with Crippen molar-refractivity contribution in [2.24, 2.45) is 5.92 Å². The molecule has 0 aromatic heterocycles. The molecule has 1 N–H and O–H groups in total. The first-order valence-corrected chi connectivity index (χ1v) is 4.00. The van der Waals surface area contributed by atoms with Crippen LogP contribution in [0.15, 0.2) is 12.2 Å². The third-order valence-corrected chi connectivity index (χ3v) is 1.83. The first kappa shape index (κ1) is 14.8. The molecule has 0 aromatic carbocycles. The van der Waals surface area contributed by atoms with E-state index in [0.717, 1.165) is 0 Å². The predicted molar refractivity (Wildman–Crippen MR) is 41.6 cm³/mol. The Labute approximate surface area is 86.6 Å². The summed E-state index contributed by atoms with van der Waals surface area (Å²) in [5.74, 6) is -5.13. The van der Waals surface area contributed by atoms with Gasteiger partial charge in [-0.2, -0.15) is 26.3 Å². The maximum absolute atomic E-state index is 12.0. The first-order valence-electron chi connectivity index (χ1n) is 4.00. The van der Waals surface area contributed by atoms with Gasteiger partial charge < -0.3 is 5.11 Å². The van der Waals surface area contributed by atoms with Gasteiger partial charge in [-0.1, -0.05) is 6.58 Å². The summed E-state index contributed by atoms with van der Waals surface area (Å²) in [6, 6.07) is 0. The largest absolute Gasteiger partial charge is 0.478 e. The molecule has 0 aliphatic rings. The smallest absolute Gasteiger partial charge is 0.400 e. The van der Waals surface area contributed by atoms with E-state index in [-0.39, 0.29) is 0 Å². The Morgan fingerprint density at radius 1 is 1.12 bits per heavy atom. The van der Waals surface area contributed by atoms with E-state index in [0.29, 0.717) is 0 Å². The SMILES string of the molecule is C=C(CCC(C(F)(F)F)C(F)(F)F)C(=O)O. The molecule has 8 heteroatoms. The molecule has 2 nitrogen and oxygen atoms in total. The number of carboxylic acids is 1. The number of carbonyl (C=O) groups is 1. The Balaban J connectivity index is 4.60. The van der Waals surface area contributed by atoms with Crippen LogP contribution >= 0.6 is 0 Å². The van der Waals surface area contributed by atoms with E-state index in [4.69, 9.17) is 5.11 Å². The zero-order chi connectivity index (χ0) is 13.1. The van der Waals surface area contributed by atoms with E-state index in [1.54, 1.807) is 0 Å². The second-order valence-corrected chi connectivity index (χ2v) is 3.08. The molecule has 0 saturated heterocycles. The van der Waals surface area contributed by atoms with Gasteiger partial charge in [0.2, 0.25) is 0 Å². The zero-order valence-electron chi connectivity index (χ0n) is 7.82. The Kier molecular flexibility index (Phi) is 4.39. The van der Waals surface area contributed by atoms with Crippen LogP contribution in [0, 0.1) is 5.92 Å². The third-order valence-electron chi connectivity index (χ3n) is 1.83. The molecular formula is C8H8F6O2. The van der Waals surface area contributed by atoms with E-state index in [2.05, 4.69) is 6.58 Å². The highest BCUT2D eigenvalue weighted by atomic mass is 19.4. The van der Waals surface area contributed by atoms with Crippen LogP contribution in [-0.2, 0) is 4.79 Å². The Hall–Kier alpha value is -1.21. The number of hydrogen-bond donors (Lipinski definition) is 1. The van der Waals surface area contributed by atoms with Crippen molar-refractivity contribution in [1.29, 1.82) is 0 Å².